The van der Waals surface area contributed by atoms with Gasteiger partial charge in [0, 0.05) is 8.04 Å². The first kappa shape index (κ1) is 14.3. The number of phenols is 1. The molecule has 2 N–H and O–H groups in total. The van der Waals surface area contributed by atoms with Gasteiger partial charge in [0.25, 0.3) is 5.91 Å². The predicted octanol–water partition coefficient (Wildman–Crippen LogP) is 4.15. The van der Waals surface area contributed by atoms with Crippen LogP contribution in [-0.4, -0.2) is 11.0 Å². The Hall–Kier alpha value is -1.15. The van der Waals surface area contributed by atoms with Crippen LogP contribution in [0.4, 0.5) is 10.1 Å². The van der Waals surface area contributed by atoms with Crippen molar-refractivity contribution in [2.75, 3.05) is 5.32 Å². The lowest BCUT2D eigenvalue weighted by atomic mass is 10.2. The Kier molecular flexibility index (Phi) is 4.41. The molecule has 0 atom stereocenters. The molecule has 2 rings (SSSR count). The Bertz CT molecular complexity index is 649. The van der Waals surface area contributed by atoms with E-state index in [1.165, 1.54) is 24.3 Å². The minimum absolute atomic E-state index is 0.0739. The molecule has 0 spiro atoms. The van der Waals surface area contributed by atoms with Gasteiger partial charge in [0.15, 0.2) is 0 Å². The van der Waals surface area contributed by atoms with E-state index in [-0.39, 0.29) is 17.0 Å². The minimum Gasteiger partial charge on any atom is -0.507 e. The summed E-state index contributed by atoms with van der Waals surface area (Å²) in [6.07, 6.45) is 0. The fraction of sp³-hybridized carbons (Fsp3) is 0. The van der Waals surface area contributed by atoms with E-state index in [0.717, 1.165) is 3.57 Å². The number of rotatable bonds is 2. The Labute approximate surface area is 131 Å². The van der Waals surface area contributed by atoms with E-state index in [1.54, 1.807) is 12.1 Å². The molecule has 0 unspecified atom stereocenters. The minimum atomic E-state index is -0.570. The number of carbonyl (C=O) groups is 1. The van der Waals surface area contributed by atoms with Gasteiger partial charge in [0.2, 0.25) is 0 Å². The molecule has 0 aliphatic rings. The summed E-state index contributed by atoms with van der Waals surface area (Å²) in [5.41, 5.74) is 0.150. The van der Waals surface area contributed by atoms with Gasteiger partial charge in [0.05, 0.1) is 11.3 Å². The molecule has 0 radical (unpaired) electrons. The topological polar surface area (TPSA) is 49.3 Å². The Morgan fingerprint density at radius 3 is 2.68 bits per heavy atom. The third kappa shape index (κ3) is 3.44. The Morgan fingerprint density at radius 2 is 2.00 bits per heavy atom. The number of benzene rings is 2. The van der Waals surface area contributed by atoms with Gasteiger partial charge in [-0.1, -0.05) is 15.9 Å². The van der Waals surface area contributed by atoms with Crippen LogP contribution >= 0.6 is 38.5 Å². The van der Waals surface area contributed by atoms with Crippen molar-refractivity contribution in [1.82, 2.24) is 0 Å². The maximum absolute atomic E-state index is 13.6. The van der Waals surface area contributed by atoms with Crippen molar-refractivity contribution in [2.45, 2.75) is 0 Å². The van der Waals surface area contributed by atoms with E-state index in [1.807, 2.05) is 22.6 Å². The van der Waals surface area contributed by atoms with Crippen molar-refractivity contribution in [3.05, 3.63) is 55.8 Å². The summed E-state index contributed by atoms with van der Waals surface area (Å²) >= 11 is 5.19. The summed E-state index contributed by atoms with van der Waals surface area (Å²) in [5, 5.41) is 12.0. The molecule has 0 aliphatic carbocycles. The zero-order chi connectivity index (χ0) is 14.0. The monoisotopic (exact) mass is 435 g/mol. The second-order valence-electron chi connectivity index (χ2n) is 3.74. The lowest BCUT2D eigenvalue weighted by Crippen LogP contribution is -2.13. The van der Waals surface area contributed by atoms with E-state index in [4.69, 9.17) is 0 Å². The molecule has 0 bridgehead atoms. The van der Waals surface area contributed by atoms with Crippen molar-refractivity contribution < 1.29 is 14.3 Å². The fourth-order valence-electron chi connectivity index (χ4n) is 1.47. The van der Waals surface area contributed by atoms with Crippen molar-refractivity contribution in [3.63, 3.8) is 0 Å². The van der Waals surface area contributed by atoms with Crippen molar-refractivity contribution in [3.8, 4) is 5.75 Å². The third-order valence-electron chi connectivity index (χ3n) is 2.38. The number of aromatic hydroxyl groups is 1. The molecule has 0 saturated carbocycles. The van der Waals surface area contributed by atoms with E-state index >= 15 is 0 Å². The van der Waals surface area contributed by atoms with Crippen molar-refractivity contribution >= 4 is 50.1 Å². The molecule has 3 nitrogen and oxygen atoms in total. The van der Waals surface area contributed by atoms with Gasteiger partial charge in [-0.15, -0.1) is 0 Å². The summed E-state index contributed by atoms with van der Waals surface area (Å²) in [7, 11) is 0. The van der Waals surface area contributed by atoms with Crippen LogP contribution in [0.25, 0.3) is 0 Å². The molecule has 98 valence electrons. The zero-order valence-electron chi connectivity index (χ0n) is 9.45. The highest BCUT2D eigenvalue weighted by Gasteiger charge is 2.13. The van der Waals surface area contributed by atoms with Crippen LogP contribution in [0.15, 0.2) is 40.9 Å². The Morgan fingerprint density at radius 1 is 1.26 bits per heavy atom. The van der Waals surface area contributed by atoms with Crippen molar-refractivity contribution in [1.29, 1.82) is 0 Å². The number of phenolic OH excluding ortho intramolecular Hbond substituents is 1. The highest BCUT2D eigenvalue weighted by atomic mass is 127. The first-order chi connectivity index (χ1) is 8.97. The number of amides is 1. The number of hydrogen-bond donors (Lipinski definition) is 2. The highest BCUT2D eigenvalue weighted by molar-refractivity contribution is 14.1. The molecule has 2 aromatic rings. The maximum Gasteiger partial charge on any atom is 0.259 e. The molecule has 6 heteroatoms. The number of nitrogens with one attached hydrogen (secondary N) is 1. The molecule has 0 heterocycles. The average Bonchev–Trinajstić information content (AvgIpc) is 2.35. The van der Waals surface area contributed by atoms with Crippen LogP contribution in [0, 0.1) is 9.39 Å². The summed E-state index contributed by atoms with van der Waals surface area (Å²) in [6, 6.07) is 8.94. The summed E-state index contributed by atoms with van der Waals surface area (Å²) in [5.74, 6) is -1.25. The number of hydrogen-bond acceptors (Lipinski definition) is 2. The second kappa shape index (κ2) is 5.87. The van der Waals surface area contributed by atoms with E-state index < -0.39 is 11.7 Å². The summed E-state index contributed by atoms with van der Waals surface area (Å²) < 4.78 is 15.0. The standard InChI is InChI=1S/C13H8BrFINO2/c14-7-1-4-12(18)9(5-7)13(19)17-11-3-2-8(16)6-10(11)15/h1-6,18H,(H,17,19). The van der Waals surface area contributed by atoms with Gasteiger partial charge >= 0.3 is 0 Å². The SMILES string of the molecule is O=C(Nc1ccc(I)cc1F)c1cc(Br)ccc1O. The van der Waals surface area contributed by atoms with Gasteiger partial charge in [0.1, 0.15) is 11.6 Å². The number of anilines is 1. The van der Waals surface area contributed by atoms with Crippen LogP contribution in [-0.2, 0) is 0 Å². The van der Waals surface area contributed by atoms with Crippen molar-refractivity contribution in [2.24, 2.45) is 0 Å². The maximum atomic E-state index is 13.6. The fourth-order valence-corrected chi connectivity index (χ4v) is 2.28. The molecular formula is C13H8BrFINO2. The van der Waals surface area contributed by atoms with Gasteiger partial charge < -0.3 is 10.4 Å². The van der Waals surface area contributed by atoms with Crippen LogP contribution in [0.2, 0.25) is 0 Å². The molecule has 0 fully saturated rings. The summed E-state index contributed by atoms with van der Waals surface area (Å²) in [6.45, 7) is 0. The smallest absolute Gasteiger partial charge is 0.259 e. The van der Waals surface area contributed by atoms with E-state index in [2.05, 4.69) is 21.2 Å². The van der Waals surface area contributed by atoms with E-state index in [0.29, 0.717) is 4.47 Å². The van der Waals surface area contributed by atoms with Crippen LogP contribution in [0.1, 0.15) is 10.4 Å². The zero-order valence-corrected chi connectivity index (χ0v) is 13.2. The number of carbonyl (C=O) groups excluding carboxylic acids is 1. The normalized spacial score (nSPS) is 10.3. The first-order valence-electron chi connectivity index (χ1n) is 5.22. The number of halogens is 3. The molecule has 1 amide bonds. The highest BCUT2D eigenvalue weighted by Crippen LogP contribution is 2.24. The molecule has 0 saturated heterocycles. The molecule has 19 heavy (non-hydrogen) atoms. The molecule has 2 aromatic carbocycles. The molecule has 0 aromatic heterocycles. The average molecular weight is 436 g/mol. The van der Waals surface area contributed by atoms with E-state index in [9.17, 15) is 14.3 Å². The second-order valence-corrected chi connectivity index (χ2v) is 5.90. The Balaban J connectivity index is 2.28. The quantitative estimate of drug-likeness (QED) is 0.696. The van der Waals surface area contributed by atoms with Gasteiger partial charge in [-0.3, -0.25) is 4.79 Å². The van der Waals surface area contributed by atoms with Crippen LogP contribution in [0.3, 0.4) is 0 Å². The predicted molar refractivity (Wildman–Crippen MR) is 82.9 cm³/mol. The molecule has 0 aliphatic heterocycles. The van der Waals surface area contributed by atoms with Crippen LogP contribution in [0.5, 0.6) is 5.75 Å². The lowest BCUT2D eigenvalue weighted by molar-refractivity contribution is 0.102. The third-order valence-corrected chi connectivity index (χ3v) is 3.55. The molecular weight excluding hydrogens is 428 g/mol. The van der Waals surface area contributed by atoms with Crippen LogP contribution < -0.4 is 5.32 Å². The first-order valence-corrected chi connectivity index (χ1v) is 7.09. The largest absolute Gasteiger partial charge is 0.507 e. The summed E-state index contributed by atoms with van der Waals surface area (Å²) in [4.78, 5) is 12.0. The van der Waals surface area contributed by atoms with Gasteiger partial charge in [-0.25, -0.2) is 4.39 Å². The van der Waals surface area contributed by atoms with Gasteiger partial charge in [-0.05, 0) is 59.0 Å². The lowest BCUT2D eigenvalue weighted by Gasteiger charge is -2.08. The van der Waals surface area contributed by atoms with Gasteiger partial charge in [-0.2, -0.15) is 0 Å².